The molecule has 0 radical (unpaired) electrons. The van der Waals surface area contributed by atoms with Crippen molar-refractivity contribution in [1.82, 2.24) is 10.6 Å². The normalized spacial score (nSPS) is 21.3. The molecule has 9 heteroatoms. The Morgan fingerprint density at radius 1 is 1.36 bits per heavy atom. The molecule has 1 aliphatic heterocycles. The number of methoxy groups -OCH3 is 1. The SMILES string of the molecule is CO[C@H]1CNCC1NC(=O)c1cccc(C(F)(F)F)c1F.Cl. The van der Waals surface area contributed by atoms with Gasteiger partial charge in [-0.25, -0.2) is 4.39 Å². The predicted octanol–water partition coefficient (Wildman–Crippen LogP) is 1.98. The summed E-state index contributed by atoms with van der Waals surface area (Å²) in [5, 5.41) is 5.45. The fourth-order valence-corrected chi connectivity index (χ4v) is 2.22. The van der Waals surface area contributed by atoms with Gasteiger partial charge in [-0.2, -0.15) is 13.2 Å². The highest BCUT2D eigenvalue weighted by Crippen LogP contribution is 2.32. The third-order valence-corrected chi connectivity index (χ3v) is 3.33. The molecule has 1 unspecified atom stereocenters. The van der Waals surface area contributed by atoms with Crippen LogP contribution in [0.1, 0.15) is 15.9 Å². The number of alkyl halides is 3. The van der Waals surface area contributed by atoms with Gasteiger partial charge in [0.05, 0.1) is 23.3 Å². The second-order valence-corrected chi connectivity index (χ2v) is 4.68. The van der Waals surface area contributed by atoms with Gasteiger partial charge < -0.3 is 15.4 Å². The standard InChI is InChI=1S/C13H14F4N2O2.ClH/c1-21-10-6-18-5-9(10)19-12(20)7-3-2-4-8(11(7)14)13(15,16)17;/h2-4,9-10,18H,5-6H2,1H3,(H,19,20);1H/t9?,10-;/m0./s1. The van der Waals surface area contributed by atoms with Crippen LogP contribution in [0, 0.1) is 5.82 Å². The van der Waals surface area contributed by atoms with Crippen molar-refractivity contribution in [2.24, 2.45) is 0 Å². The minimum atomic E-state index is -4.84. The van der Waals surface area contributed by atoms with E-state index in [1.54, 1.807) is 0 Å². The molecule has 1 amide bonds. The Bertz CT molecular complexity index is 539. The molecule has 22 heavy (non-hydrogen) atoms. The van der Waals surface area contributed by atoms with Crippen molar-refractivity contribution in [3.63, 3.8) is 0 Å². The third kappa shape index (κ3) is 3.88. The molecular formula is C13H15ClF4N2O2. The van der Waals surface area contributed by atoms with Gasteiger partial charge in [0, 0.05) is 20.2 Å². The number of benzene rings is 1. The van der Waals surface area contributed by atoms with Crippen molar-refractivity contribution in [3.05, 3.63) is 35.1 Å². The van der Waals surface area contributed by atoms with Crippen molar-refractivity contribution in [2.45, 2.75) is 18.3 Å². The lowest BCUT2D eigenvalue weighted by atomic mass is 10.1. The van der Waals surface area contributed by atoms with Gasteiger partial charge >= 0.3 is 6.18 Å². The van der Waals surface area contributed by atoms with Crippen LogP contribution in [0.4, 0.5) is 17.6 Å². The van der Waals surface area contributed by atoms with Gasteiger partial charge in [-0.05, 0) is 12.1 Å². The molecule has 1 aromatic carbocycles. The van der Waals surface area contributed by atoms with Crippen LogP contribution in [0.2, 0.25) is 0 Å². The molecule has 0 aliphatic carbocycles. The molecule has 2 atom stereocenters. The summed E-state index contributed by atoms with van der Waals surface area (Å²) in [7, 11) is 1.46. The fourth-order valence-electron chi connectivity index (χ4n) is 2.22. The molecule has 1 heterocycles. The number of carbonyl (C=O) groups is 1. The van der Waals surface area contributed by atoms with E-state index in [4.69, 9.17) is 4.74 Å². The zero-order chi connectivity index (χ0) is 15.6. The summed E-state index contributed by atoms with van der Waals surface area (Å²) in [5.74, 6) is -2.46. The third-order valence-electron chi connectivity index (χ3n) is 3.33. The van der Waals surface area contributed by atoms with Gasteiger partial charge in [0.1, 0.15) is 5.82 Å². The summed E-state index contributed by atoms with van der Waals surface area (Å²) >= 11 is 0. The molecular weight excluding hydrogens is 328 g/mol. The number of amides is 1. The van der Waals surface area contributed by atoms with Crippen molar-refractivity contribution in [3.8, 4) is 0 Å². The second-order valence-electron chi connectivity index (χ2n) is 4.68. The highest BCUT2D eigenvalue weighted by atomic mass is 35.5. The van der Waals surface area contributed by atoms with Crippen LogP contribution in [0.5, 0.6) is 0 Å². The number of hydrogen-bond donors (Lipinski definition) is 2. The summed E-state index contributed by atoms with van der Waals surface area (Å²) < 4.78 is 56.8. The van der Waals surface area contributed by atoms with Gasteiger partial charge in [0.15, 0.2) is 0 Å². The summed E-state index contributed by atoms with van der Waals surface area (Å²) in [6.07, 6.45) is -5.15. The van der Waals surface area contributed by atoms with E-state index >= 15 is 0 Å². The number of rotatable bonds is 3. The molecule has 0 spiro atoms. The van der Waals surface area contributed by atoms with E-state index in [1.165, 1.54) is 7.11 Å². The van der Waals surface area contributed by atoms with Crippen LogP contribution < -0.4 is 10.6 Å². The van der Waals surface area contributed by atoms with Crippen LogP contribution in [0.3, 0.4) is 0 Å². The second kappa shape index (κ2) is 7.26. The number of hydrogen-bond acceptors (Lipinski definition) is 3. The van der Waals surface area contributed by atoms with E-state index in [0.717, 1.165) is 12.1 Å². The maximum Gasteiger partial charge on any atom is 0.419 e. The van der Waals surface area contributed by atoms with Crippen molar-refractivity contribution in [1.29, 1.82) is 0 Å². The molecule has 0 bridgehead atoms. The van der Waals surface area contributed by atoms with E-state index in [0.29, 0.717) is 19.2 Å². The monoisotopic (exact) mass is 342 g/mol. The first-order valence-electron chi connectivity index (χ1n) is 6.24. The van der Waals surface area contributed by atoms with Crippen LogP contribution >= 0.6 is 12.4 Å². The lowest BCUT2D eigenvalue weighted by molar-refractivity contribution is -0.140. The Morgan fingerprint density at radius 2 is 2.05 bits per heavy atom. The molecule has 1 aliphatic rings. The Morgan fingerprint density at radius 3 is 2.64 bits per heavy atom. The van der Waals surface area contributed by atoms with Crippen molar-refractivity contribution in [2.75, 3.05) is 20.2 Å². The Hall–Kier alpha value is -1.38. The largest absolute Gasteiger partial charge is 0.419 e. The van der Waals surface area contributed by atoms with Crippen LogP contribution in [-0.2, 0) is 10.9 Å². The first-order valence-corrected chi connectivity index (χ1v) is 6.24. The molecule has 2 N–H and O–H groups in total. The maximum absolute atomic E-state index is 13.8. The molecule has 1 saturated heterocycles. The minimum absolute atomic E-state index is 0. The van der Waals surface area contributed by atoms with E-state index in [-0.39, 0.29) is 18.5 Å². The molecule has 1 fully saturated rings. The molecule has 1 aromatic rings. The van der Waals surface area contributed by atoms with Crippen LogP contribution in [-0.4, -0.2) is 38.3 Å². The number of nitrogens with one attached hydrogen (secondary N) is 2. The summed E-state index contributed by atoms with van der Waals surface area (Å²) in [5.41, 5.74) is -2.09. The molecule has 4 nitrogen and oxygen atoms in total. The average Bonchev–Trinajstić information content (AvgIpc) is 2.84. The van der Waals surface area contributed by atoms with Gasteiger partial charge in [-0.3, -0.25) is 4.79 Å². The van der Waals surface area contributed by atoms with Gasteiger partial charge in [0.2, 0.25) is 0 Å². The zero-order valence-corrected chi connectivity index (χ0v) is 12.4. The predicted molar refractivity (Wildman–Crippen MR) is 73.6 cm³/mol. The van der Waals surface area contributed by atoms with E-state index < -0.39 is 35.1 Å². The molecule has 2 rings (SSSR count). The summed E-state index contributed by atoms with van der Waals surface area (Å²) in [6.45, 7) is 0.914. The maximum atomic E-state index is 13.8. The van der Waals surface area contributed by atoms with E-state index in [1.807, 2.05) is 0 Å². The van der Waals surface area contributed by atoms with E-state index in [9.17, 15) is 22.4 Å². The Labute approximate surface area is 130 Å². The number of carbonyl (C=O) groups excluding carboxylic acids is 1. The molecule has 0 saturated carbocycles. The molecule has 0 aromatic heterocycles. The van der Waals surface area contributed by atoms with Gasteiger partial charge in [-0.15, -0.1) is 12.4 Å². The zero-order valence-electron chi connectivity index (χ0n) is 11.5. The van der Waals surface area contributed by atoms with Gasteiger partial charge in [0.25, 0.3) is 5.91 Å². The average molecular weight is 343 g/mol. The Balaban J connectivity index is 0.00000242. The Kier molecular flexibility index (Phi) is 6.16. The lowest BCUT2D eigenvalue weighted by Gasteiger charge is -2.19. The smallest absolute Gasteiger partial charge is 0.378 e. The minimum Gasteiger partial charge on any atom is -0.378 e. The first kappa shape index (κ1) is 18.7. The quantitative estimate of drug-likeness (QED) is 0.826. The van der Waals surface area contributed by atoms with E-state index in [2.05, 4.69) is 10.6 Å². The highest BCUT2D eigenvalue weighted by Gasteiger charge is 2.36. The highest BCUT2D eigenvalue weighted by molar-refractivity contribution is 5.95. The van der Waals surface area contributed by atoms with Gasteiger partial charge in [-0.1, -0.05) is 6.07 Å². The first-order chi connectivity index (χ1) is 9.84. The molecule has 124 valence electrons. The van der Waals surface area contributed by atoms with Crippen molar-refractivity contribution >= 4 is 18.3 Å². The topological polar surface area (TPSA) is 50.4 Å². The van der Waals surface area contributed by atoms with Crippen LogP contribution in [0.25, 0.3) is 0 Å². The fraction of sp³-hybridized carbons (Fsp3) is 0.462. The summed E-state index contributed by atoms with van der Waals surface area (Å²) in [6, 6.07) is 2.20. The number of halogens is 5. The lowest BCUT2D eigenvalue weighted by Crippen LogP contribution is -2.43. The van der Waals surface area contributed by atoms with Crippen molar-refractivity contribution < 1.29 is 27.1 Å². The number of ether oxygens (including phenoxy) is 1. The van der Waals surface area contributed by atoms with Crippen LogP contribution in [0.15, 0.2) is 18.2 Å². The summed E-state index contributed by atoms with van der Waals surface area (Å²) in [4.78, 5) is 12.0.